The lowest BCUT2D eigenvalue weighted by Gasteiger charge is -2.13. The number of nitrogens with zero attached hydrogens (tertiary/aromatic N) is 2. The summed E-state index contributed by atoms with van der Waals surface area (Å²) in [5, 5.41) is 13.3. The molecule has 1 aromatic rings. The first-order valence-corrected chi connectivity index (χ1v) is 4.69. The topological polar surface area (TPSA) is 113 Å². The zero-order valence-electron chi connectivity index (χ0n) is 9.08. The van der Waals surface area contributed by atoms with Crippen molar-refractivity contribution in [3.8, 4) is 0 Å². The number of anilines is 1. The molecule has 8 heteroatoms. The lowest BCUT2D eigenvalue weighted by Crippen LogP contribution is -2.45. The minimum absolute atomic E-state index is 0.0894. The molecule has 0 bridgehead atoms. The number of carbonyl (C=O) groups is 2. The van der Waals surface area contributed by atoms with Crippen molar-refractivity contribution >= 4 is 17.9 Å². The van der Waals surface area contributed by atoms with Crippen LogP contribution in [0.2, 0.25) is 0 Å². The van der Waals surface area contributed by atoms with Crippen LogP contribution in [0.25, 0.3) is 0 Å². The molecule has 2 amide bonds. The largest absolute Gasteiger partial charge is 0.480 e. The first-order chi connectivity index (χ1) is 8.13. The van der Waals surface area contributed by atoms with E-state index in [0.717, 1.165) is 0 Å². The molecule has 17 heavy (non-hydrogen) atoms. The maximum absolute atomic E-state index is 11.4. The SMILES string of the molecule is COCC(NC(=O)Nc1ncccn1)C(=O)O. The summed E-state index contributed by atoms with van der Waals surface area (Å²) in [4.78, 5) is 29.6. The van der Waals surface area contributed by atoms with Crippen molar-refractivity contribution in [2.75, 3.05) is 19.0 Å². The van der Waals surface area contributed by atoms with Crippen LogP contribution in [0.5, 0.6) is 0 Å². The van der Waals surface area contributed by atoms with Crippen LogP contribution in [-0.2, 0) is 9.53 Å². The maximum atomic E-state index is 11.4. The van der Waals surface area contributed by atoms with Gasteiger partial charge in [0.1, 0.15) is 0 Å². The van der Waals surface area contributed by atoms with Gasteiger partial charge in [-0.3, -0.25) is 5.32 Å². The van der Waals surface area contributed by atoms with Crippen molar-refractivity contribution in [3.05, 3.63) is 18.5 Å². The van der Waals surface area contributed by atoms with Crippen molar-refractivity contribution in [2.45, 2.75) is 6.04 Å². The third kappa shape index (κ3) is 4.43. The van der Waals surface area contributed by atoms with E-state index in [1.807, 2.05) is 0 Å². The third-order valence-electron chi connectivity index (χ3n) is 1.73. The van der Waals surface area contributed by atoms with Crippen LogP contribution in [0.1, 0.15) is 0 Å². The van der Waals surface area contributed by atoms with Crippen molar-refractivity contribution in [3.63, 3.8) is 0 Å². The molecular weight excluding hydrogens is 228 g/mol. The van der Waals surface area contributed by atoms with Crippen LogP contribution >= 0.6 is 0 Å². The minimum Gasteiger partial charge on any atom is -0.480 e. The standard InChI is InChI=1S/C9H12N4O4/c1-17-5-6(7(14)15)12-9(16)13-8-10-3-2-4-11-8/h2-4,6H,5H2,1H3,(H,14,15)(H2,10,11,12,13,16). The number of ether oxygens (including phenoxy) is 1. The molecule has 92 valence electrons. The summed E-state index contributed by atoms with van der Waals surface area (Å²) < 4.78 is 4.66. The second-order valence-corrected chi connectivity index (χ2v) is 3.02. The molecule has 1 aromatic heterocycles. The molecule has 0 saturated heterocycles. The predicted octanol–water partition coefficient (Wildman–Crippen LogP) is -0.302. The number of rotatable bonds is 5. The molecule has 0 aliphatic carbocycles. The number of methoxy groups -OCH3 is 1. The maximum Gasteiger partial charge on any atom is 0.328 e. The van der Waals surface area contributed by atoms with E-state index in [4.69, 9.17) is 5.11 Å². The molecule has 0 aromatic carbocycles. The number of carboxylic acids is 1. The van der Waals surface area contributed by atoms with Gasteiger partial charge in [-0.25, -0.2) is 19.6 Å². The Kier molecular flexibility index (Phi) is 4.82. The number of aromatic nitrogens is 2. The van der Waals surface area contributed by atoms with E-state index in [2.05, 4.69) is 25.3 Å². The number of amides is 2. The molecule has 1 rings (SSSR count). The Balaban J connectivity index is 2.51. The van der Waals surface area contributed by atoms with Crippen LogP contribution < -0.4 is 10.6 Å². The molecular formula is C9H12N4O4. The van der Waals surface area contributed by atoms with E-state index >= 15 is 0 Å². The zero-order valence-corrected chi connectivity index (χ0v) is 9.08. The summed E-state index contributed by atoms with van der Waals surface area (Å²) >= 11 is 0. The minimum atomic E-state index is -1.18. The molecule has 8 nitrogen and oxygen atoms in total. The van der Waals surface area contributed by atoms with Gasteiger partial charge < -0.3 is 15.2 Å². The quantitative estimate of drug-likeness (QED) is 0.651. The summed E-state index contributed by atoms with van der Waals surface area (Å²) in [6, 6.07) is -0.238. The molecule has 1 heterocycles. The van der Waals surface area contributed by atoms with Gasteiger partial charge in [0, 0.05) is 19.5 Å². The molecule has 1 atom stereocenters. The highest BCUT2D eigenvalue weighted by atomic mass is 16.5. The summed E-state index contributed by atoms with van der Waals surface area (Å²) in [5.41, 5.74) is 0. The number of urea groups is 1. The summed E-state index contributed by atoms with van der Waals surface area (Å²) in [6.07, 6.45) is 2.90. The fourth-order valence-electron chi connectivity index (χ4n) is 1.00. The monoisotopic (exact) mass is 240 g/mol. The fraction of sp³-hybridized carbons (Fsp3) is 0.333. The highest BCUT2D eigenvalue weighted by Crippen LogP contribution is 1.94. The predicted molar refractivity (Wildman–Crippen MR) is 57.5 cm³/mol. The van der Waals surface area contributed by atoms with Crippen LogP contribution in [0.4, 0.5) is 10.7 Å². The Morgan fingerprint density at radius 2 is 2.12 bits per heavy atom. The molecule has 0 saturated carbocycles. The Bertz CT molecular complexity index is 384. The lowest BCUT2D eigenvalue weighted by atomic mass is 10.3. The van der Waals surface area contributed by atoms with E-state index in [9.17, 15) is 9.59 Å². The second kappa shape index (κ2) is 6.38. The molecule has 0 radical (unpaired) electrons. The van der Waals surface area contributed by atoms with Gasteiger partial charge in [0.2, 0.25) is 5.95 Å². The summed E-state index contributed by atoms with van der Waals surface area (Å²) in [7, 11) is 1.34. The Hall–Kier alpha value is -2.22. The molecule has 0 fully saturated rings. The lowest BCUT2D eigenvalue weighted by molar-refractivity contribution is -0.140. The summed E-state index contributed by atoms with van der Waals surface area (Å²) in [5.74, 6) is -1.09. The average Bonchev–Trinajstić information content (AvgIpc) is 2.29. The van der Waals surface area contributed by atoms with Gasteiger partial charge in [0.05, 0.1) is 6.61 Å². The zero-order chi connectivity index (χ0) is 12.7. The van der Waals surface area contributed by atoms with Crippen LogP contribution in [0.3, 0.4) is 0 Å². The fourth-order valence-corrected chi connectivity index (χ4v) is 1.00. The van der Waals surface area contributed by atoms with Crippen LogP contribution in [0, 0.1) is 0 Å². The number of hydrogen-bond acceptors (Lipinski definition) is 5. The van der Waals surface area contributed by atoms with Gasteiger partial charge in [-0.1, -0.05) is 0 Å². The number of hydrogen-bond donors (Lipinski definition) is 3. The van der Waals surface area contributed by atoms with Gasteiger partial charge in [-0.2, -0.15) is 0 Å². The van der Waals surface area contributed by atoms with E-state index in [-0.39, 0.29) is 12.6 Å². The van der Waals surface area contributed by atoms with Crippen molar-refractivity contribution in [1.82, 2.24) is 15.3 Å². The first-order valence-electron chi connectivity index (χ1n) is 4.69. The Labute approximate surface area is 97.0 Å². The Morgan fingerprint density at radius 1 is 1.47 bits per heavy atom. The molecule has 1 unspecified atom stereocenters. The number of carbonyl (C=O) groups excluding carboxylic acids is 1. The van der Waals surface area contributed by atoms with E-state index in [0.29, 0.717) is 0 Å². The molecule has 0 aliphatic rings. The molecule has 3 N–H and O–H groups in total. The van der Waals surface area contributed by atoms with Gasteiger partial charge in [0.15, 0.2) is 6.04 Å². The van der Waals surface area contributed by atoms with Crippen molar-refractivity contribution in [1.29, 1.82) is 0 Å². The highest BCUT2D eigenvalue weighted by molar-refractivity contribution is 5.90. The highest BCUT2D eigenvalue weighted by Gasteiger charge is 2.19. The average molecular weight is 240 g/mol. The van der Waals surface area contributed by atoms with Gasteiger partial charge in [-0.05, 0) is 6.07 Å². The van der Waals surface area contributed by atoms with Gasteiger partial charge >= 0.3 is 12.0 Å². The number of carboxylic acid groups (broad SMARTS) is 1. The first kappa shape index (κ1) is 12.8. The molecule has 0 aliphatic heterocycles. The summed E-state index contributed by atoms with van der Waals surface area (Å²) in [6.45, 7) is -0.127. The number of nitrogens with one attached hydrogen (secondary N) is 2. The van der Waals surface area contributed by atoms with Gasteiger partial charge in [0.25, 0.3) is 0 Å². The smallest absolute Gasteiger partial charge is 0.328 e. The normalized spacial score (nSPS) is 11.6. The third-order valence-corrected chi connectivity index (χ3v) is 1.73. The van der Waals surface area contributed by atoms with E-state index in [1.165, 1.54) is 19.5 Å². The second-order valence-electron chi connectivity index (χ2n) is 3.02. The van der Waals surface area contributed by atoms with Gasteiger partial charge in [-0.15, -0.1) is 0 Å². The molecule has 0 spiro atoms. The van der Waals surface area contributed by atoms with E-state index < -0.39 is 18.0 Å². The van der Waals surface area contributed by atoms with Crippen molar-refractivity contribution in [2.24, 2.45) is 0 Å². The van der Waals surface area contributed by atoms with E-state index in [1.54, 1.807) is 6.07 Å². The van der Waals surface area contributed by atoms with Crippen LogP contribution in [0.15, 0.2) is 18.5 Å². The van der Waals surface area contributed by atoms with Crippen LogP contribution in [-0.4, -0.2) is 46.8 Å². The Morgan fingerprint density at radius 3 is 2.65 bits per heavy atom. The van der Waals surface area contributed by atoms with Crippen molar-refractivity contribution < 1.29 is 19.4 Å². The number of aliphatic carboxylic acids is 1.